The molecule has 1 amide bonds. The van der Waals surface area contributed by atoms with Gasteiger partial charge in [-0.3, -0.25) is 9.59 Å². The van der Waals surface area contributed by atoms with Crippen molar-refractivity contribution >= 4 is 40.9 Å². The van der Waals surface area contributed by atoms with Gasteiger partial charge in [0.25, 0.3) is 0 Å². The molecule has 0 spiro atoms. The van der Waals surface area contributed by atoms with Crippen molar-refractivity contribution < 1.29 is 18.7 Å². The minimum absolute atomic E-state index is 0.0724. The number of benzene rings is 1. The van der Waals surface area contributed by atoms with Crippen LogP contribution in [0, 0.1) is 5.82 Å². The van der Waals surface area contributed by atoms with Crippen LogP contribution in [0.1, 0.15) is 59.8 Å². The topological polar surface area (TPSA) is 55.4 Å². The minimum atomic E-state index is -0.598. The van der Waals surface area contributed by atoms with Crippen LogP contribution < -0.4 is 5.32 Å². The van der Waals surface area contributed by atoms with Crippen LogP contribution >= 0.6 is 23.4 Å². The highest BCUT2D eigenvalue weighted by molar-refractivity contribution is 8.00. The quantitative estimate of drug-likeness (QED) is 0.395. The number of unbranched alkanes of at least 4 members (excludes halogenated alkanes) is 1. The van der Waals surface area contributed by atoms with E-state index in [1.807, 2.05) is 27.7 Å². The molecule has 1 rings (SSSR count). The lowest BCUT2D eigenvalue weighted by Crippen LogP contribution is -2.24. The molecule has 4 nitrogen and oxygen atoms in total. The molecular formula is C19H27ClFNO3S. The fourth-order valence-corrected chi connectivity index (χ4v) is 3.34. The number of hydrogen-bond donors (Lipinski definition) is 1. The fraction of sp³-hybridized carbons (Fsp3) is 0.579. The molecule has 1 N–H and O–H groups in total. The molecule has 0 aliphatic rings. The van der Waals surface area contributed by atoms with Gasteiger partial charge in [-0.25, -0.2) is 4.39 Å². The van der Waals surface area contributed by atoms with Gasteiger partial charge in [0, 0.05) is 11.3 Å². The zero-order chi connectivity index (χ0) is 19.7. The van der Waals surface area contributed by atoms with Gasteiger partial charge in [-0.2, -0.15) is 0 Å². The molecule has 0 heterocycles. The van der Waals surface area contributed by atoms with Gasteiger partial charge in [-0.05, 0) is 38.3 Å². The summed E-state index contributed by atoms with van der Waals surface area (Å²) < 4.78 is 19.5. The summed E-state index contributed by atoms with van der Waals surface area (Å²) >= 11 is 7.35. The van der Waals surface area contributed by atoms with E-state index in [0.29, 0.717) is 17.7 Å². The summed E-state index contributed by atoms with van der Waals surface area (Å²) in [6.07, 6.45) is 3.08. The van der Waals surface area contributed by atoms with Gasteiger partial charge in [-0.15, -0.1) is 11.8 Å². The van der Waals surface area contributed by atoms with Gasteiger partial charge in [0.15, 0.2) is 0 Å². The highest BCUT2D eigenvalue weighted by atomic mass is 35.5. The zero-order valence-corrected chi connectivity index (χ0v) is 17.3. The Morgan fingerprint density at radius 1 is 1.27 bits per heavy atom. The van der Waals surface area contributed by atoms with E-state index in [-0.39, 0.29) is 28.7 Å². The molecule has 0 aliphatic heterocycles. The number of carbonyl (C=O) groups is 2. The molecule has 2 atom stereocenters. The molecule has 0 saturated carbocycles. The number of carbonyl (C=O) groups excluding carboxylic acids is 2. The average molecular weight is 404 g/mol. The molecule has 7 heteroatoms. The maximum absolute atomic E-state index is 14.1. The molecule has 26 heavy (non-hydrogen) atoms. The average Bonchev–Trinajstić information content (AvgIpc) is 2.60. The van der Waals surface area contributed by atoms with Crippen molar-refractivity contribution in [2.24, 2.45) is 0 Å². The van der Waals surface area contributed by atoms with Crippen LogP contribution in [0.15, 0.2) is 17.0 Å². The lowest BCUT2D eigenvalue weighted by molar-refractivity contribution is -0.147. The summed E-state index contributed by atoms with van der Waals surface area (Å²) in [5.41, 5.74) is 0.0724. The summed E-state index contributed by atoms with van der Waals surface area (Å²) in [6, 6.07) is 2.64. The number of anilines is 1. The Morgan fingerprint density at radius 3 is 2.54 bits per heavy atom. The summed E-state index contributed by atoms with van der Waals surface area (Å²) in [7, 11) is 0. The number of hydrogen-bond acceptors (Lipinski definition) is 4. The molecule has 0 radical (unpaired) electrons. The van der Waals surface area contributed by atoms with Crippen molar-refractivity contribution in [1.29, 1.82) is 0 Å². The lowest BCUT2D eigenvalue weighted by atomic mass is 10.2. The molecule has 0 fully saturated rings. The first kappa shape index (κ1) is 22.8. The summed E-state index contributed by atoms with van der Waals surface area (Å²) in [5, 5.41) is 2.33. The first-order valence-corrected chi connectivity index (χ1v) is 10.2. The van der Waals surface area contributed by atoms with Crippen molar-refractivity contribution in [3.63, 3.8) is 0 Å². The van der Waals surface area contributed by atoms with Crippen molar-refractivity contribution in [3.8, 4) is 0 Å². The first-order chi connectivity index (χ1) is 12.3. The standard InChI is InChI=1S/C19H27ClFNO3S/c1-5-8-9-18(23)22-15-11-17(13(20)10-14(15)21)26-16(7-3)19(24)25-12(4)6-2/h10-12,16H,5-9H2,1-4H3,(H,22,23). The van der Waals surface area contributed by atoms with E-state index in [1.165, 1.54) is 17.8 Å². The van der Waals surface area contributed by atoms with Crippen molar-refractivity contribution in [2.45, 2.75) is 76.0 Å². The highest BCUT2D eigenvalue weighted by Crippen LogP contribution is 2.36. The monoisotopic (exact) mass is 403 g/mol. The molecule has 0 bridgehead atoms. The van der Waals surface area contributed by atoms with Crippen LogP contribution in [-0.4, -0.2) is 23.2 Å². The van der Waals surface area contributed by atoms with Gasteiger partial charge in [0.1, 0.15) is 11.1 Å². The Bertz CT molecular complexity index is 627. The minimum Gasteiger partial charge on any atom is -0.462 e. The third kappa shape index (κ3) is 7.16. The normalized spacial score (nSPS) is 13.2. The molecule has 0 aliphatic carbocycles. The van der Waals surface area contributed by atoms with Crippen LogP contribution in [-0.2, 0) is 14.3 Å². The van der Waals surface area contributed by atoms with E-state index in [9.17, 15) is 14.0 Å². The van der Waals surface area contributed by atoms with E-state index < -0.39 is 11.1 Å². The highest BCUT2D eigenvalue weighted by Gasteiger charge is 2.23. The molecule has 1 aromatic carbocycles. The molecule has 2 unspecified atom stereocenters. The van der Waals surface area contributed by atoms with Crippen LogP contribution in [0.4, 0.5) is 10.1 Å². The van der Waals surface area contributed by atoms with Crippen molar-refractivity contribution in [3.05, 3.63) is 23.0 Å². The van der Waals surface area contributed by atoms with E-state index in [4.69, 9.17) is 16.3 Å². The maximum Gasteiger partial charge on any atom is 0.319 e. The molecule has 0 aromatic heterocycles. The Morgan fingerprint density at radius 2 is 1.96 bits per heavy atom. The second-order valence-electron chi connectivity index (χ2n) is 6.08. The van der Waals surface area contributed by atoms with Gasteiger partial charge in [0.2, 0.25) is 5.91 Å². The summed E-state index contributed by atoms with van der Waals surface area (Å²) in [6.45, 7) is 7.63. The third-order valence-electron chi connectivity index (χ3n) is 3.85. The second-order valence-corrected chi connectivity index (χ2v) is 7.74. The molecule has 146 valence electrons. The van der Waals surface area contributed by atoms with Gasteiger partial charge >= 0.3 is 5.97 Å². The van der Waals surface area contributed by atoms with Crippen LogP contribution in [0.5, 0.6) is 0 Å². The fourth-order valence-electron chi connectivity index (χ4n) is 2.07. The number of ether oxygens (including phenoxy) is 1. The third-order valence-corrected chi connectivity index (χ3v) is 5.67. The Labute approximate surface area is 164 Å². The van der Waals surface area contributed by atoms with Crippen molar-refractivity contribution in [2.75, 3.05) is 5.32 Å². The Balaban J connectivity index is 2.92. The smallest absolute Gasteiger partial charge is 0.319 e. The van der Waals surface area contributed by atoms with E-state index in [0.717, 1.165) is 25.3 Å². The summed E-state index contributed by atoms with van der Waals surface area (Å²) in [4.78, 5) is 24.7. The van der Waals surface area contributed by atoms with Gasteiger partial charge in [0.05, 0.1) is 16.8 Å². The van der Waals surface area contributed by atoms with E-state index in [2.05, 4.69) is 5.32 Å². The number of thioether (sulfide) groups is 1. The molecular weight excluding hydrogens is 377 g/mol. The predicted octanol–water partition coefficient (Wildman–Crippen LogP) is 5.82. The van der Waals surface area contributed by atoms with Gasteiger partial charge < -0.3 is 10.1 Å². The lowest BCUT2D eigenvalue weighted by Gasteiger charge is -2.18. The van der Waals surface area contributed by atoms with E-state index >= 15 is 0 Å². The largest absolute Gasteiger partial charge is 0.462 e. The second kappa shape index (κ2) is 11.4. The number of esters is 1. The Hall–Kier alpha value is -1.27. The maximum atomic E-state index is 14.1. The predicted molar refractivity (Wildman–Crippen MR) is 105 cm³/mol. The summed E-state index contributed by atoms with van der Waals surface area (Å²) in [5.74, 6) is -1.16. The number of halogens is 2. The number of amides is 1. The van der Waals surface area contributed by atoms with Gasteiger partial charge in [-0.1, -0.05) is 38.8 Å². The Kier molecular flexibility index (Phi) is 10.0. The van der Waals surface area contributed by atoms with Crippen LogP contribution in [0.25, 0.3) is 0 Å². The van der Waals surface area contributed by atoms with Crippen LogP contribution in [0.3, 0.4) is 0 Å². The number of rotatable bonds is 10. The molecule has 1 aromatic rings. The first-order valence-electron chi connectivity index (χ1n) is 8.98. The zero-order valence-electron chi connectivity index (χ0n) is 15.7. The number of nitrogens with one attached hydrogen (secondary N) is 1. The van der Waals surface area contributed by atoms with Crippen molar-refractivity contribution in [1.82, 2.24) is 0 Å². The SMILES string of the molecule is CCCCC(=O)Nc1cc(SC(CC)C(=O)OC(C)CC)c(Cl)cc1F. The molecule has 0 saturated heterocycles. The van der Waals surface area contributed by atoms with E-state index in [1.54, 1.807) is 0 Å². The van der Waals surface area contributed by atoms with Crippen LogP contribution in [0.2, 0.25) is 5.02 Å².